The Balaban J connectivity index is 2.22. The van der Waals surface area contributed by atoms with Gasteiger partial charge in [0.25, 0.3) is 5.56 Å². The third kappa shape index (κ3) is 1.80. The van der Waals surface area contributed by atoms with E-state index in [0.717, 1.165) is 11.3 Å². The van der Waals surface area contributed by atoms with Gasteiger partial charge in [0.1, 0.15) is 17.1 Å². The second kappa shape index (κ2) is 4.37. The van der Waals surface area contributed by atoms with E-state index < -0.39 is 11.2 Å². The minimum atomic E-state index is -0.490. The third-order valence-corrected chi connectivity index (χ3v) is 3.12. The van der Waals surface area contributed by atoms with Gasteiger partial charge in [-0.3, -0.25) is 14.3 Å². The normalized spacial score (nSPS) is 10.9. The summed E-state index contributed by atoms with van der Waals surface area (Å²) in [6.07, 6.45) is 0. The zero-order chi connectivity index (χ0) is 14.3. The zero-order valence-corrected chi connectivity index (χ0v) is 10.9. The molecular weight excluding hydrogens is 260 g/mol. The summed E-state index contributed by atoms with van der Waals surface area (Å²) in [5.74, 6) is 1.25. The van der Waals surface area contributed by atoms with Crippen molar-refractivity contribution in [2.75, 3.05) is 7.11 Å². The van der Waals surface area contributed by atoms with Crippen molar-refractivity contribution in [1.29, 1.82) is 0 Å². The molecule has 3 aromatic rings. The summed E-state index contributed by atoms with van der Waals surface area (Å²) in [5.41, 5.74) is 0.432. The maximum atomic E-state index is 11.7. The topological polar surface area (TPSA) is 92.8 Å². The van der Waals surface area contributed by atoms with Crippen molar-refractivity contribution in [2.24, 2.45) is 7.05 Å². The number of H-pyrrole nitrogens is 2. The van der Waals surface area contributed by atoms with Crippen molar-refractivity contribution in [3.63, 3.8) is 0 Å². The summed E-state index contributed by atoms with van der Waals surface area (Å²) in [4.78, 5) is 32.7. The molecule has 0 spiro atoms. The van der Waals surface area contributed by atoms with E-state index >= 15 is 0 Å². The number of imidazole rings is 1. The van der Waals surface area contributed by atoms with Crippen molar-refractivity contribution in [3.05, 3.63) is 45.1 Å². The molecule has 2 aromatic heterocycles. The molecule has 20 heavy (non-hydrogen) atoms. The van der Waals surface area contributed by atoms with E-state index in [2.05, 4.69) is 15.0 Å². The van der Waals surface area contributed by atoms with Crippen LogP contribution in [0.3, 0.4) is 0 Å². The van der Waals surface area contributed by atoms with Crippen molar-refractivity contribution in [3.8, 4) is 17.1 Å². The van der Waals surface area contributed by atoms with Crippen LogP contribution < -0.4 is 16.0 Å². The first kappa shape index (κ1) is 12.2. The fourth-order valence-corrected chi connectivity index (χ4v) is 1.99. The number of hydrogen-bond donors (Lipinski definition) is 2. The summed E-state index contributed by atoms with van der Waals surface area (Å²) in [7, 11) is 3.14. The Hall–Kier alpha value is -2.83. The smallest absolute Gasteiger partial charge is 0.329 e. The molecule has 0 bridgehead atoms. The molecule has 102 valence electrons. The molecule has 0 aliphatic carbocycles. The van der Waals surface area contributed by atoms with Crippen LogP contribution in [0.2, 0.25) is 0 Å². The summed E-state index contributed by atoms with van der Waals surface area (Å²) < 4.78 is 6.38. The number of benzene rings is 1. The third-order valence-electron chi connectivity index (χ3n) is 3.12. The van der Waals surface area contributed by atoms with E-state index in [-0.39, 0.29) is 5.52 Å². The van der Waals surface area contributed by atoms with E-state index in [4.69, 9.17) is 4.74 Å². The maximum Gasteiger partial charge on any atom is 0.329 e. The lowest BCUT2D eigenvalue weighted by molar-refractivity contribution is 0.415. The SMILES string of the molecule is COc1ccc(-c2nc3c([nH]2)c(=O)[nH]c(=O)n3C)cc1. The van der Waals surface area contributed by atoms with Gasteiger partial charge >= 0.3 is 5.69 Å². The number of nitrogens with zero attached hydrogens (tertiary/aromatic N) is 2. The van der Waals surface area contributed by atoms with Gasteiger partial charge in [-0.15, -0.1) is 0 Å². The average Bonchev–Trinajstić information content (AvgIpc) is 2.91. The fraction of sp³-hybridized carbons (Fsp3) is 0.154. The van der Waals surface area contributed by atoms with Gasteiger partial charge in [-0.05, 0) is 24.3 Å². The highest BCUT2D eigenvalue weighted by Gasteiger charge is 2.11. The molecule has 0 radical (unpaired) electrons. The van der Waals surface area contributed by atoms with E-state index in [1.165, 1.54) is 4.57 Å². The average molecular weight is 272 g/mol. The second-order valence-corrected chi connectivity index (χ2v) is 4.33. The van der Waals surface area contributed by atoms with Crippen LogP contribution in [-0.4, -0.2) is 26.6 Å². The minimum Gasteiger partial charge on any atom is -0.497 e. The van der Waals surface area contributed by atoms with Gasteiger partial charge in [-0.1, -0.05) is 0 Å². The fourth-order valence-electron chi connectivity index (χ4n) is 1.99. The number of ether oxygens (including phenoxy) is 1. The van der Waals surface area contributed by atoms with Crippen molar-refractivity contribution < 1.29 is 4.74 Å². The first-order valence-corrected chi connectivity index (χ1v) is 5.93. The van der Waals surface area contributed by atoms with Gasteiger partial charge in [0.05, 0.1) is 7.11 Å². The largest absolute Gasteiger partial charge is 0.497 e. The van der Waals surface area contributed by atoms with Gasteiger partial charge in [-0.2, -0.15) is 0 Å². The number of nitrogens with one attached hydrogen (secondary N) is 2. The monoisotopic (exact) mass is 272 g/mol. The Bertz CT molecular complexity index is 887. The molecule has 0 aliphatic heterocycles. The van der Waals surface area contributed by atoms with E-state index in [9.17, 15) is 9.59 Å². The van der Waals surface area contributed by atoms with Gasteiger partial charge < -0.3 is 9.72 Å². The van der Waals surface area contributed by atoms with Crippen LogP contribution in [0.5, 0.6) is 5.75 Å². The molecule has 0 saturated carbocycles. The Morgan fingerprint density at radius 3 is 2.50 bits per heavy atom. The molecule has 0 atom stereocenters. The van der Waals surface area contributed by atoms with E-state index in [1.54, 1.807) is 26.3 Å². The highest BCUT2D eigenvalue weighted by Crippen LogP contribution is 2.20. The predicted molar refractivity (Wildman–Crippen MR) is 73.9 cm³/mol. The Kier molecular flexibility index (Phi) is 2.67. The number of fused-ring (bicyclic) bond motifs is 1. The number of aromatic amines is 2. The van der Waals surface area contributed by atoms with Crippen molar-refractivity contribution >= 4 is 11.2 Å². The molecule has 0 aliphatic rings. The maximum absolute atomic E-state index is 11.7. The van der Waals surface area contributed by atoms with Gasteiger partial charge in [-0.25, -0.2) is 9.78 Å². The van der Waals surface area contributed by atoms with Crippen molar-refractivity contribution in [1.82, 2.24) is 19.5 Å². The van der Waals surface area contributed by atoms with Crippen LogP contribution in [0.15, 0.2) is 33.9 Å². The molecule has 0 amide bonds. The standard InChI is InChI=1S/C13H12N4O3/c1-17-11-9(12(18)16-13(17)19)14-10(15-11)7-3-5-8(20-2)6-4-7/h3-6H,1-2H3,(H,14,15)(H,16,18,19). The van der Waals surface area contributed by atoms with E-state index in [1.807, 2.05) is 12.1 Å². The molecule has 3 rings (SSSR count). The number of aryl methyl sites for hydroxylation is 1. The predicted octanol–water partition coefficient (Wildman–Crippen LogP) is 0.625. The van der Waals surface area contributed by atoms with Crippen molar-refractivity contribution in [2.45, 2.75) is 0 Å². The highest BCUT2D eigenvalue weighted by molar-refractivity contribution is 5.75. The van der Waals surface area contributed by atoms with E-state index in [0.29, 0.717) is 11.5 Å². The number of rotatable bonds is 2. The van der Waals surface area contributed by atoms with Gasteiger partial charge in [0, 0.05) is 12.6 Å². The molecule has 0 fully saturated rings. The van der Waals surface area contributed by atoms with Crippen LogP contribution >= 0.6 is 0 Å². The Labute approximate surface area is 112 Å². The minimum absolute atomic E-state index is 0.276. The summed E-state index contributed by atoms with van der Waals surface area (Å²) >= 11 is 0. The molecule has 0 saturated heterocycles. The molecule has 7 heteroatoms. The molecule has 1 aromatic carbocycles. The lowest BCUT2D eigenvalue weighted by Gasteiger charge is -2.00. The summed E-state index contributed by atoms with van der Waals surface area (Å²) in [5, 5.41) is 0. The number of methoxy groups -OCH3 is 1. The molecule has 2 N–H and O–H groups in total. The van der Waals surface area contributed by atoms with Crippen LogP contribution in [0, 0.1) is 0 Å². The van der Waals surface area contributed by atoms with Gasteiger partial charge in [0.2, 0.25) is 0 Å². The first-order chi connectivity index (χ1) is 9.60. The number of hydrogen-bond acceptors (Lipinski definition) is 4. The summed E-state index contributed by atoms with van der Waals surface area (Å²) in [6, 6.07) is 7.24. The first-order valence-electron chi connectivity index (χ1n) is 5.93. The zero-order valence-electron chi connectivity index (χ0n) is 10.9. The van der Waals surface area contributed by atoms with Crippen LogP contribution in [-0.2, 0) is 7.05 Å². The lowest BCUT2D eigenvalue weighted by Crippen LogP contribution is -2.28. The summed E-state index contributed by atoms with van der Waals surface area (Å²) in [6.45, 7) is 0. The number of aromatic nitrogens is 4. The van der Waals surface area contributed by atoms with Crippen LogP contribution in [0.4, 0.5) is 0 Å². The van der Waals surface area contributed by atoms with Crippen LogP contribution in [0.25, 0.3) is 22.6 Å². The Morgan fingerprint density at radius 2 is 1.85 bits per heavy atom. The highest BCUT2D eigenvalue weighted by atomic mass is 16.5. The quantitative estimate of drug-likeness (QED) is 0.715. The molecule has 2 heterocycles. The second-order valence-electron chi connectivity index (χ2n) is 4.33. The molecule has 0 unspecified atom stereocenters. The van der Waals surface area contributed by atoms with Crippen LogP contribution in [0.1, 0.15) is 0 Å². The van der Waals surface area contributed by atoms with Gasteiger partial charge in [0.15, 0.2) is 5.65 Å². The molecule has 7 nitrogen and oxygen atoms in total. The molecular formula is C13H12N4O3. The Morgan fingerprint density at radius 1 is 1.15 bits per heavy atom. The lowest BCUT2D eigenvalue weighted by atomic mass is 10.2.